The molecule has 1 N–H and O–H groups in total. The van der Waals surface area contributed by atoms with Gasteiger partial charge in [0.15, 0.2) is 6.10 Å². The van der Waals surface area contributed by atoms with Crippen LogP contribution in [0.1, 0.15) is 232 Å². The van der Waals surface area contributed by atoms with Crippen LogP contribution in [-0.4, -0.2) is 74.9 Å². The van der Waals surface area contributed by atoms with Crippen LogP contribution < -0.4 is 0 Å². The number of phosphoric acid groups is 1. The Hall–Kier alpha value is -3.85. The van der Waals surface area contributed by atoms with Crippen molar-refractivity contribution >= 4 is 19.8 Å². The van der Waals surface area contributed by atoms with Crippen LogP contribution in [0, 0.1) is 0 Å². The van der Waals surface area contributed by atoms with Crippen molar-refractivity contribution in [3.8, 4) is 0 Å². The van der Waals surface area contributed by atoms with Gasteiger partial charge in [-0.15, -0.1) is 0 Å². The number of hydrogen-bond acceptors (Lipinski definition) is 7. The molecule has 0 amide bonds. The van der Waals surface area contributed by atoms with Gasteiger partial charge in [-0.25, -0.2) is 4.57 Å². The molecule has 0 heterocycles. The number of quaternary nitrogens is 1. The van der Waals surface area contributed by atoms with Crippen molar-refractivity contribution in [1.82, 2.24) is 0 Å². The maximum atomic E-state index is 12.8. The lowest BCUT2D eigenvalue weighted by Gasteiger charge is -2.24. The average molecular weight is 1110 g/mol. The Bertz CT molecular complexity index is 1780. The van der Waals surface area contributed by atoms with E-state index in [1.165, 1.54) is 70.6 Å². The van der Waals surface area contributed by atoms with Gasteiger partial charge < -0.3 is 18.9 Å². The molecule has 0 spiro atoms. The lowest BCUT2D eigenvalue weighted by atomic mass is 10.0. The molecule has 0 aliphatic rings. The van der Waals surface area contributed by atoms with Gasteiger partial charge in [0.05, 0.1) is 27.7 Å². The lowest BCUT2D eigenvalue weighted by molar-refractivity contribution is -0.870. The topological polar surface area (TPSA) is 108 Å². The molecule has 0 aromatic rings. The Kier molecular flexibility index (Phi) is 55.0. The van der Waals surface area contributed by atoms with Crippen LogP contribution in [0.4, 0.5) is 0 Å². The molecule has 0 saturated heterocycles. The second kappa shape index (κ2) is 57.8. The molecule has 0 rings (SSSR count). The van der Waals surface area contributed by atoms with Gasteiger partial charge in [0.2, 0.25) is 0 Å². The summed E-state index contributed by atoms with van der Waals surface area (Å²) < 4.78 is 34.5. The first kappa shape index (κ1) is 74.2. The maximum absolute atomic E-state index is 12.8. The number of carbonyl (C=O) groups excluding carboxylic acids is 2. The fraction of sp³-hybridized carbons (Fsp3) is 0.647. The summed E-state index contributed by atoms with van der Waals surface area (Å²) in [4.78, 5) is 35.7. The maximum Gasteiger partial charge on any atom is 0.472 e. The van der Waals surface area contributed by atoms with E-state index >= 15 is 0 Å². The third-order valence-electron chi connectivity index (χ3n) is 12.7. The predicted octanol–water partition coefficient (Wildman–Crippen LogP) is 19.7. The van der Waals surface area contributed by atoms with E-state index in [1.54, 1.807) is 0 Å². The van der Waals surface area contributed by atoms with Crippen molar-refractivity contribution in [1.29, 1.82) is 0 Å². The van der Waals surface area contributed by atoms with Gasteiger partial charge in [0.25, 0.3) is 0 Å². The number of nitrogens with zero attached hydrogens (tertiary/aromatic N) is 1. The van der Waals surface area contributed by atoms with Crippen molar-refractivity contribution < 1.29 is 42.1 Å². The number of ether oxygens (including phenoxy) is 2. The van der Waals surface area contributed by atoms with Crippen molar-refractivity contribution in [2.24, 2.45) is 0 Å². The molecule has 0 aliphatic heterocycles. The molecular weight excluding hydrogens is 990 g/mol. The Morgan fingerprint density at radius 1 is 0.397 bits per heavy atom. The second-order valence-electron chi connectivity index (χ2n) is 21.3. The van der Waals surface area contributed by atoms with E-state index in [9.17, 15) is 19.0 Å². The minimum atomic E-state index is -4.40. The van der Waals surface area contributed by atoms with Crippen LogP contribution in [0.25, 0.3) is 0 Å². The summed E-state index contributed by atoms with van der Waals surface area (Å²) in [6, 6.07) is 0. The van der Waals surface area contributed by atoms with E-state index in [0.29, 0.717) is 23.9 Å². The smallest absolute Gasteiger partial charge is 0.462 e. The minimum absolute atomic E-state index is 0.0231. The van der Waals surface area contributed by atoms with E-state index in [4.69, 9.17) is 18.5 Å². The van der Waals surface area contributed by atoms with Gasteiger partial charge in [-0.05, 0) is 109 Å². The van der Waals surface area contributed by atoms with Gasteiger partial charge in [-0.2, -0.15) is 0 Å². The molecule has 0 bridgehead atoms. The molecule has 444 valence electrons. The number of rotatable bonds is 55. The predicted molar refractivity (Wildman–Crippen MR) is 334 cm³/mol. The van der Waals surface area contributed by atoms with Crippen LogP contribution >= 0.6 is 7.82 Å². The van der Waals surface area contributed by atoms with Crippen molar-refractivity contribution in [3.05, 3.63) is 134 Å². The summed E-state index contributed by atoms with van der Waals surface area (Å²) in [5, 5.41) is 0. The molecule has 2 unspecified atom stereocenters. The molecule has 78 heavy (non-hydrogen) atoms. The van der Waals surface area contributed by atoms with Crippen LogP contribution in [0.2, 0.25) is 0 Å². The summed E-state index contributed by atoms with van der Waals surface area (Å²) in [6.45, 7) is 4.17. The first-order chi connectivity index (χ1) is 38.0. The molecule has 2 atom stereocenters. The average Bonchev–Trinajstić information content (AvgIpc) is 3.41. The molecule has 10 heteroatoms. The number of likely N-dealkylation sites (N-methyl/N-ethyl adjacent to an activating group) is 1. The fourth-order valence-corrected chi connectivity index (χ4v) is 8.73. The molecular formula is C68H115NO8P+. The highest BCUT2D eigenvalue weighted by Gasteiger charge is 2.27. The Labute approximate surface area is 479 Å². The summed E-state index contributed by atoms with van der Waals surface area (Å²) in [5.74, 6) is -0.823. The van der Waals surface area contributed by atoms with Gasteiger partial charge in [-0.1, -0.05) is 244 Å². The molecule has 0 fully saturated rings. The van der Waals surface area contributed by atoms with Crippen LogP contribution in [0.15, 0.2) is 134 Å². The third kappa shape index (κ3) is 61.4. The Balaban J connectivity index is 4.05. The normalized spacial score (nSPS) is 14.2. The van der Waals surface area contributed by atoms with E-state index < -0.39 is 26.5 Å². The minimum Gasteiger partial charge on any atom is -0.462 e. The van der Waals surface area contributed by atoms with E-state index in [-0.39, 0.29) is 32.0 Å². The quantitative estimate of drug-likeness (QED) is 0.0211. The Morgan fingerprint density at radius 2 is 0.692 bits per heavy atom. The van der Waals surface area contributed by atoms with Crippen molar-refractivity contribution in [3.63, 3.8) is 0 Å². The molecule has 0 aromatic heterocycles. The lowest BCUT2D eigenvalue weighted by Crippen LogP contribution is -2.37. The van der Waals surface area contributed by atoms with Crippen LogP contribution in [-0.2, 0) is 32.7 Å². The zero-order valence-corrected chi connectivity index (χ0v) is 51.2. The van der Waals surface area contributed by atoms with Gasteiger partial charge in [-0.3, -0.25) is 18.6 Å². The molecule has 9 nitrogen and oxygen atoms in total. The number of esters is 2. The van der Waals surface area contributed by atoms with E-state index in [1.807, 2.05) is 21.1 Å². The summed E-state index contributed by atoms with van der Waals surface area (Å²) in [6.07, 6.45) is 84.0. The number of allylic oxidation sites excluding steroid dienone is 22. The number of hydrogen-bond donors (Lipinski definition) is 1. The molecule has 0 saturated carbocycles. The zero-order chi connectivity index (χ0) is 57.0. The Morgan fingerprint density at radius 3 is 1.03 bits per heavy atom. The number of unbranched alkanes of at least 4 members (excludes halogenated alkanes) is 19. The van der Waals surface area contributed by atoms with E-state index in [0.717, 1.165) is 122 Å². The summed E-state index contributed by atoms with van der Waals surface area (Å²) in [5.41, 5.74) is 0. The zero-order valence-electron chi connectivity index (χ0n) is 50.3. The van der Waals surface area contributed by atoms with Gasteiger partial charge in [0.1, 0.15) is 19.8 Å². The van der Waals surface area contributed by atoms with E-state index in [2.05, 4.69) is 148 Å². The monoisotopic (exact) mass is 1100 g/mol. The fourth-order valence-electron chi connectivity index (χ4n) is 7.99. The summed E-state index contributed by atoms with van der Waals surface area (Å²) >= 11 is 0. The third-order valence-corrected chi connectivity index (χ3v) is 13.7. The van der Waals surface area contributed by atoms with Gasteiger partial charge in [0, 0.05) is 12.8 Å². The first-order valence-electron chi connectivity index (χ1n) is 30.9. The number of carbonyl (C=O) groups is 2. The summed E-state index contributed by atoms with van der Waals surface area (Å²) in [7, 11) is 1.45. The SMILES string of the molecule is CC/C=C\C/C=C\C/C=C\C/C=C\C/C=C\C/C=C\C/C=C\C/C=C\CCCCCCCCCCCCCCCCC(=O)OC(COC(=O)CCCCCCC/C=C\C/C=C\C/C=C\CC)COP(=O)(O)OCC[N+](C)(C)C. The van der Waals surface area contributed by atoms with Crippen molar-refractivity contribution in [2.45, 2.75) is 238 Å². The highest BCUT2D eigenvalue weighted by Crippen LogP contribution is 2.43. The molecule has 0 aromatic carbocycles. The highest BCUT2D eigenvalue weighted by atomic mass is 31.2. The molecule has 0 aliphatic carbocycles. The first-order valence-corrected chi connectivity index (χ1v) is 32.4. The second-order valence-corrected chi connectivity index (χ2v) is 22.8. The van der Waals surface area contributed by atoms with Crippen molar-refractivity contribution in [2.75, 3.05) is 47.5 Å². The van der Waals surface area contributed by atoms with Crippen LogP contribution in [0.3, 0.4) is 0 Å². The van der Waals surface area contributed by atoms with Crippen LogP contribution in [0.5, 0.6) is 0 Å². The number of phosphoric ester groups is 1. The molecule has 0 radical (unpaired) electrons. The highest BCUT2D eigenvalue weighted by molar-refractivity contribution is 7.47. The standard InChI is InChI=1S/C68H114NO8P/c1-6-8-10-12-14-16-18-20-22-23-24-25-26-27-28-29-30-31-32-33-34-35-36-37-38-39-40-41-42-43-44-45-47-49-51-53-55-57-59-61-68(71)77-66(65-76-78(72,73)75-63-62-69(3,4)5)64-74-67(70)60-58-56-54-52-50-48-46-21-19-17-15-13-11-9-7-2/h8-11,14-17,20-22,24-25,27-28,30-31,33-34,36-37,46,66H,6-7,12-13,18-19,23,26,29,32,35,38-45,47-65H2,1-5H3/p+1/b10-8-,11-9-,16-14-,17-15-,22-20-,25-24-,28-27-,31-30-,34-33-,37-36-,46-21-. The van der Waals surface area contributed by atoms with Gasteiger partial charge >= 0.3 is 19.8 Å². The largest absolute Gasteiger partial charge is 0.472 e.